The smallest absolute Gasteiger partial charge is 0.332 e. The van der Waals surface area contributed by atoms with Gasteiger partial charge in [0.1, 0.15) is 0 Å². The SMILES string of the molecule is Cn1cc2c3c(c(Cl)cc2n1)N=C1NC(=O)N(c2cncc4cccc(c24)CCCCC(=O)NC3)C(O)N1Cc1cc(F)c(F)c(F)c1. The van der Waals surface area contributed by atoms with Crippen molar-refractivity contribution in [2.24, 2.45) is 12.0 Å². The van der Waals surface area contributed by atoms with Gasteiger partial charge in [0.25, 0.3) is 0 Å². The summed E-state index contributed by atoms with van der Waals surface area (Å²) in [6.45, 7) is -0.407. The zero-order valence-corrected chi connectivity index (χ0v) is 26.2. The first kappa shape index (κ1) is 31.4. The molecule has 11 nitrogen and oxygen atoms in total. The summed E-state index contributed by atoms with van der Waals surface area (Å²) < 4.78 is 44.2. The third-order valence-electron chi connectivity index (χ3n) is 8.46. The predicted molar refractivity (Wildman–Crippen MR) is 173 cm³/mol. The van der Waals surface area contributed by atoms with Gasteiger partial charge in [-0.05, 0) is 48.6 Å². The number of aliphatic hydroxyl groups excluding tert-OH is 1. The summed E-state index contributed by atoms with van der Waals surface area (Å²) >= 11 is 6.75. The number of amides is 3. The lowest BCUT2D eigenvalue weighted by molar-refractivity contribution is -0.121. The number of aliphatic imine (C=N–C) groups is 1. The first-order valence-electron chi connectivity index (χ1n) is 15.1. The first-order valence-corrected chi connectivity index (χ1v) is 15.5. The van der Waals surface area contributed by atoms with E-state index in [0.29, 0.717) is 46.5 Å². The largest absolute Gasteiger partial charge is 0.356 e. The number of carbonyl (C=O) groups is 2. The van der Waals surface area contributed by atoms with Crippen molar-refractivity contribution >= 4 is 62.5 Å². The maximum atomic E-state index is 14.4. The minimum atomic E-state index is -1.78. The summed E-state index contributed by atoms with van der Waals surface area (Å²) in [4.78, 5) is 38.2. The van der Waals surface area contributed by atoms with Crippen LogP contribution >= 0.6 is 11.6 Å². The van der Waals surface area contributed by atoms with E-state index in [9.17, 15) is 27.9 Å². The number of aliphatic hydroxyl groups is 1. The Morgan fingerprint density at radius 2 is 1.83 bits per heavy atom. The number of fused-ring (bicyclic) bond motifs is 9. The van der Waals surface area contributed by atoms with Crippen LogP contribution in [-0.2, 0) is 31.4 Å². The molecule has 0 radical (unpaired) electrons. The molecule has 48 heavy (non-hydrogen) atoms. The van der Waals surface area contributed by atoms with Gasteiger partial charge in [-0.15, -0.1) is 0 Å². The van der Waals surface area contributed by atoms with E-state index in [2.05, 4.69) is 25.7 Å². The Labute approximate surface area is 276 Å². The van der Waals surface area contributed by atoms with E-state index in [1.54, 1.807) is 30.2 Å². The molecule has 3 aliphatic heterocycles. The number of pyridine rings is 1. The van der Waals surface area contributed by atoms with Crippen LogP contribution in [0.2, 0.25) is 5.02 Å². The summed E-state index contributed by atoms with van der Waals surface area (Å²) in [5.74, 6) is -4.89. The van der Waals surface area contributed by atoms with Gasteiger partial charge in [-0.25, -0.2) is 27.9 Å². The van der Waals surface area contributed by atoms with Gasteiger partial charge in [-0.3, -0.25) is 24.7 Å². The summed E-state index contributed by atoms with van der Waals surface area (Å²) in [5.41, 5.74) is 2.26. The van der Waals surface area contributed by atoms with Crippen molar-refractivity contribution in [3.05, 3.63) is 94.2 Å². The van der Waals surface area contributed by atoms with Crippen molar-refractivity contribution in [1.82, 2.24) is 30.3 Å². The summed E-state index contributed by atoms with van der Waals surface area (Å²) in [5, 5.41) is 24.2. The van der Waals surface area contributed by atoms with Crippen molar-refractivity contribution in [3.63, 3.8) is 0 Å². The molecule has 5 heterocycles. The molecule has 5 aromatic rings. The number of benzene rings is 3. The summed E-state index contributed by atoms with van der Waals surface area (Å²) in [6, 6.07) is 8.00. The van der Waals surface area contributed by atoms with Crippen molar-refractivity contribution in [2.45, 2.75) is 45.1 Å². The van der Waals surface area contributed by atoms with E-state index in [0.717, 1.165) is 22.6 Å². The quantitative estimate of drug-likeness (QED) is 0.211. The Morgan fingerprint density at radius 3 is 2.62 bits per heavy atom. The molecule has 3 amide bonds. The highest BCUT2D eigenvalue weighted by molar-refractivity contribution is 6.34. The van der Waals surface area contributed by atoms with Crippen LogP contribution in [0, 0.1) is 17.5 Å². The Morgan fingerprint density at radius 1 is 1.06 bits per heavy atom. The minimum Gasteiger partial charge on any atom is -0.356 e. The molecule has 0 spiro atoms. The Bertz CT molecular complexity index is 2130. The lowest BCUT2D eigenvalue weighted by Crippen LogP contribution is -2.65. The van der Waals surface area contributed by atoms with Crippen LogP contribution in [-0.4, -0.2) is 49.0 Å². The van der Waals surface area contributed by atoms with E-state index in [1.807, 2.05) is 18.2 Å². The molecule has 1 unspecified atom stereocenters. The maximum absolute atomic E-state index is 14.4. The fraction of sp³-hybridized carbons (Fsp3) is 0.242. The Hall–Kier alpha value is -5.21. The number of guanidine groups is 1. The van der Waals surface area contributed by atoms with Crippen molar-refractivity contribution < 1.29 is 27.9 Å². The van der Waals surface area contributed by atoms with E-state index in [4.69, 9.17) is 11.6 Å². The van der Waals surface area contributed by atoms with Gasteiger partial charge < -0.3 is 10.4 Å². The lowest BCUT2D eigenvalue weighted by atomic mass is 9.99. The van der Waals surface area contributed by atoms with Gasteiger partial charge in [0.15, 0.2) is 17.5 Å². The van der Waals surface area contributed by atoms with Crippen LogP contribution in [0.25, 0.3) is 21.7 Å². The molecule has 0 aliphatic carbocycles. The highest BCUT2D eigenvalue weighted by atomic mass is 35.5. The van der Waals surface area contributed by atoms with Gasteiger partial charge in [0, 0.05) is 54.1 Å². The van der Waals surface area contributed by atoms with E-state index >= 15 is 0 Å². The molecule has 8 rings (SSSR count). The molecule has 2 aromatic heterocycles. The number of nitrogens with one attached hydrogen (secondary N) is 2. The zero-order chi connectivity index (χ0) is 33.7. The number of nitrogens with zero attached hydrogens (tertiary/aromatic N) is 6. The number of carbonyl (C=O) groups excluding carboxylic acids is 2. The van der Waals surface area contributed by atoms with Gasteiger partial charge in [0.2, 0.25) is 18.2 Å². The van der Waals surface area contributed by atoms with Crippen LogP contribution in [0.5, 0.6) is 0 Å². The molecule has 3 aromatic carbocycles. The monoisotopic (exact) mass is 676 g/mol. The number of urea groups is 1. The molecular formula is C33H28ClF3N8O3. The van der Waals surface area contributed by atoms with Gasteiger partial charge >= 0.3 is 6.03 Å². The molecule has 3 N–H and O–H groups in total. The normalized spacial score (nSPS) is 17.3. The van der Waals surface area contributed by atoms with Gasteiger partial charge in [-0.2, -0.15) is 5.10 Å². The van der Waals surface area contributed by atoms with Gasteiger partial charge in [0.05, 0.1) is 34.7 Å². The summed E-state index contributed by atoms with van der Waals surface area (Å²) in [7, 11) is 1.73. The van der Waals surface area contributed by atoms with Crippen molar-refractivity contribution in [1.29, 1.82) is 0 Å². The molecule has 1 atom stereocenters. The van der Waals surface area contributed by atoms with Crippen LogP contribution in [0.4, 0.5) is 29.3 Å². The number of hydrogen-bond donors (Lipinski definition) is 3. The third kappa shape index (κ3) is 5.66. The minimum absolute atomic E-state index is 0.0150. The second-order valence-corrected chi connectivity index (χ2v) is 12.1. The molecular weight excluding hydrogens is 649 g/mol. The molecule has 246 valence electrons. The molecule has 2 bridgehead atoms. The first-order chi connectivity index (χ1) is 23.1. The van der Waals surface area contributed by atoms with E-state index in [1.165, 1.54) is 11.1 Å². The van der Waals surface area contributed by atoms with E-state index in [-0.39, 0.29) is 46.8 Å². The van der Waals surface area contributed by atoms with E-state index < -0.39 is 36.4 Å². The number of halogens is 4. The average molecular weight is 677 g/mol. The molecule has 1 fully saturated rings. The standard InChI is InChI=1S/C33H28ClF3N8O3/c1-43-16-21-20-13-39-27(46)8-3-2-5-18-6-4-7-19-12-38-14-26(28(18)19)45-32(47)41-31(40-30(20)22(34)11-25(21)42-43)44(33(45)48)15-17-9-23(35)29(37)24(36)10-17/h4,6-7,9-12,14,16,33,48H,2-3,5,8,13,15H2,1H3,(H,39,46)(H,40,41,47). The second kappa shape index (κ2) is 12.4. The predicted octanol–water partition coefficient (Wildman–Crippen LogP) is 5.53. The van der Waals surface area contributed by atoms with Crippen LogP contribution in [0.3, 0.4) is 0 Å². The number of anilines is 1. The molecule has 1 saturated heterocycles. The van der Waals surface area contributed by atoms with Crippen LogP contribution < -0.4 is 15.5 Å². The second-order valence-electron chi connectivity index (χ2n) is 11.7. The molecule has 15 heteroatoms. The Kier molecular flexibility index (Phi) is 8.13. The molecule has 3 aliphatic rings. The highest BCUT2D eigenvalue weighted by Crippen LogP contribution is 2.38. The Balaban J connectivity index is 1.45. The topological polar surface area (TPSA) is 128 Å². The fourth-order valence-electron chi connectivity index (χ4n) is 6.23. The number of aryl methyl sites for hydroxylation is 2. The van der Waals surface area contributed by atoms with Crippen molar-refractivity contribution in [3.8, 4) is 0 Å². The third-order valence-corrected chi connectivity index (χ3v) is 8.75. The average Bonchev–Trinajstić information content (AvgIpc) is 3.42. The zero-order valence-electron chi connectivity index (χ0n) is 25.5. The van der Waals surface area contributed by atoms with Crippen molar-refractivity contribution in [2.75, 3.05) is 4.90 Å². The number of hydrogen-bond acceptors (Lipinski definition) is 7. The maximum Gasteiger partial charge on any atom is 0.332 e. The van der Waals surface area contributed by atoms with Gasteiger partial charge in [-0.1, -0.05) is 29.8 Å². The van der Waals surface area contributed by atoms with Crippen LogP contribution in [0.1, 0.15) is 36.0 Å². The molecule has 0 saturated carbocycles. The summed E-state index contributed by atoms with van der Waals surface area (Å²) in [6.07, 6.45) is 5.10. The highest BCUT2D eigenvalue weighted by Gasteiger charge is 2.39. The number of aromatic nitrogens is 3. The lowest BCUT2D eigenvalue weighted by Gasteiger charge is -2.42. The fourth-order valence-corrected chi connectivity index (χ4v) is 6.49. The van der Waals surface area contributed by atoms with Crippen LogP contribution in [0.15, 0.2) is 60.0 Å². The number of rotatable bonds is 2.